The summed E-state index contributed by atoms with van der Waals surface area (Å²) in [5.74, 6) is -0.331. The van der Waals surface area contributed by atoms with Crippen LogP contribution >= 0.6 is 0 Å². The molecule has 1 N–H and O–H groups in total. The summed E-state index contributed by atoms with van der Waals surface area (Å²) in [6.07, 6.45) is 6.80. The van der Waals surface area contributed by atoms with Gasteiger partial charge in [0.2, 0.25) is 0 Å². The summed E-state index contributed by atoms with van der Waals surface area (Å²) in [4.78, 5) is 11.0. The van der Waals surface area contributed by atoms with Crippen LogP contribution in [0.15, 0.2) is 35.5 Å². The smallest absolute Gasteiger partial charge is 0.330 e. The van der Waals surface area contributed by atoms with Gasteiger partial charge in [0.05, 0.1) is 13.2 Å². The first-order chi connectivity index (χ1) is 7.10. The highest BCUT2D eigenvalue weighted by Gasteiger charge is 1.94. The highest BCUT2D eigenvalue weighted by atomic mass is 16.5. The zero-order valence-electron chi connectivity index (χ0n) is 9.49. The Bertz CT molecular complexity index is 285. The van der Waals surface area contributed by atoms with Crippen LogP contribution in [0.1, 0.15) is 20.8 Å². The van der Waals surface area contributed by atoms with E-state index in [1.165, 1.54) is 6.08 Å². The number of ether oxygens (including phenoxy) is 1. The van der Waals surface area contributed by atoms with Gasteiger partial charge in [0.15, 0.2) is 0 Å². The molecule has 0 aliphatic heterocycles. The molecule has 0 aromatic carbocycles. The third-order valence-electron chi connectivity index (χ3n) is 1.62. The van der Waals surface area contributed by atoms with Gasteiger partial charge in [-0.3, -0.25) is 0 Å². The van der Waals surface area contributed by atoms with E-state index < -0.39 is 0 Å². The summed E-state index contributed by atoms with van der Waals surface area (Å²) in [6.45, 7) is 5.84. The Morgan fingerprint density at radius 3 is 2.60 bits per heavy atom. The molecular weight excluding hydrogens is 192 g/mol. The SMILES string of the molecule is CCOC(=O)/C=C(C)/C=C/C=C(/C)CO. The molecule has 0 amide bonds. The minimum absolute atomic E-state index is 0.0466. The number of hydrogen-bond donors (Lipinski definition) is 1. The molecule has 0 saturated heterocycles. The van der Waals surface area contributed by atoms with Crippen molar-refractivity contribution in [2.45, 2.75) is 20.8 Å². The van der Waals surface area contributed by atoms with Crippen LogP contribution in [-0.4, -0.2) is 24.3 Å². The lowest BCUT2D eigenvalue weighted by Gasteiger charge is -1.96. The molecule has 15 heavy (non-hydrogen) atoms. The minimum atomic E-state index is -0.331. The zero-order valence-corrected chi connectivity index (χ0v) is 9.49. The molecule has 84 valence electrons. The Morgan fingerprint density at radius 1 is 1.40 bits per heavy atom. The third kappa shape index (κ3) is 7.70. The predicted molar refractivity (Wildman–Crippen MR) is 60.4 cm³/mol. The molecule has 0 rings (SSSR count). The summed E-state index contributed by atoms with van der Waals surface area (Å²) in [5, 5.41) is 8.72. The molecule has 0 aromatic rings. The van der Waals surface area contributed by atoms with Crippen LogP contribution in [0.3, 0.4) is 0 Å². The lowest BCUT2D eigenvalue weighted by Crippen LogP contribution is -1.99. The monoisotopic (exact) mass is 210 g/mol. The summed E-state index contributed by atoms with van der Waals surface area (Å²) in [6, 6.07) is 0. The number of aliphatic hydroxyl groups excluding tert-OH is 1. The van der Waals surface area contributed by atoms with Gasteiger partial charge in [0.25, 0.3) is 0 Å². The van der Waals surface area contributed by atoms with Crippen LogP contribution < -0.4 is 0 Å². The molecule has 0 aromatic heterocycles. The fourth-order valence-corrected chi connectivity index (χ4v) is 0.835. The molecule has 0 aliphatic carbocycles. The van der Waals surface area contributed by atoms with Crippen LogP contribution in [0.25, 0.3) is 0 Å². The molecule has 0 bridgehead atoms. The maximum absolute atomic E-state index is 11.0. The maximum Gasteiger partial charge on any atom is 0.330 e. The lowest BCUT2D eigenvalue weighted by molar-refractivity contribution is -0.137. The van der Waals surface area contributed by atoms with Crippen molar-refractivity contribution >= 4 is 5.97 Å². The van der Waals surface area contributed by atoms with Crippen molar-refractivity contribution < 1.29 is 14.6 Å². The van der Waals surface area contributed by atoms with Gasteiger partial charge in [-0.15, -0.1) is 0 Å². The second kappa shape index (κ2) is 8.00. The van der Waals surface area contributed by atoms with Crippen LogP contribution in [0.2, 0.25) is 0 Å². The summed E-state index contributed by atoms with van der Waals surface area (Å²) in [5.41, 5.74) is 1.69. The van der Waals surface area contributed by atoms with Gasteiger partial charge in [-0.1, -0.05) is 18.2 Å². The maximum atomic E-state index is 11.0. The Kier molecular flexibility index (Phi) is 7.28. The fourth-order valence-electron chi connectivity index (χ4n) is 0.835. The predicted octanol–water partition coefficient (Wildman–Crippen LogP) is 1.99. The van der Waals surface area contributed by atoms with Crippen molar-refractivity contribution in [2.75, 3.05) is 13.2 Å². The molecule has 0 fully saturated rings. The quantitative estimate of drug-likeness (QED) is 0.429. The number of carbonyl (C=O) groups excluding carboxylic acids is 1. The Balaban J connectivity index is 4.23. The Labute approximate surface area is 90.8 Å². The van der Waals surface area contributed by atoms with E-state index in [1.54, 1.807) is 25.2 Å². The highest BCUT2D eigenvalue weighted by molar-refractivity contribution is 5.83. The normalized spacial score (nSPS) is 13.3. The van der Waals surface area contributed by atoms with Crippen molar-refractivity contribution in [3.63, 3.8) is 0 Å². The molecule has 0 heterocycles. The van der Waals surface area contributed by atoms with Crippen molar-refractivity contribution in [3.8, 4) is 0 Å². The highest BCUT2D eigenvalue weighted by Crippen LogP contribution is 1.98. The van der Waals surface area contributed by atoms with Gasteiger partial charge >= 0.3 is 5.97 Å². The second-order valence-corrected chi connectivity index (χ2v) is 3.17. The van der Waals surface area contributed by atoms with Gasteiger partial charge in [0.1, 0.15) is 0 Å². The number of carbonyl (C=O) groups is 1. The molecule has 0 spiro atoms. The number of esters is 1. The molecule has 3 nitrogen and oxygen atoms in total. The molecule has 0 aliphatic rings. The van der Waals surface area contributed by atoms with Crippen molar-refractivity contribution in [2.24, 2.45) is 0 Å². The number of aliphatic hydroxyl groups is 1. The minimum Gasteiger partial charge on any atom is -0.463 e. The van der Waals surface area contributed by atoms with Crippen LogP contribution in [0.4, 0.5) is 0 Å². The van der Waals surface area contributed by atoms with Gasteiger partial charge in [-0.2, -0.15) is 0 Å². The van der Waals surface area contributed by atoms with Gasteiger partial charge in [-0.05, 0) is 31.9 Å². The van der Waals surface area contributed by atoms with E-state index in [4.69, 9.17) is 9.84 Å². The fraction of sp³-hybridized carbons (Fsp3) is 0.417. The van der Waals surface area contributed by atoms with E-state index in [2.05, 4.69) is 0 Å². The van der Waals surface area contributed by atoms with Crippen molar-refractivity contribution in [1.82, 2.24) is 0 Å². The van der Waals surface area contributed by atoms with Gasteiger partial charge in [0, 0.05) is 6.08 Å². The first-order valence-electron chi connectivity index (χ1n) is 4.90. The van der Waals surface area contributed by atoms with E-state index in [0.717, 1.165) is 11.1 Å². The van der Waals surface area contributed by atoms with Crippen LogP contribution in [0.5, 0.6) is 0 Å². The van der Waals surface area contributed by atoms with E-state index in [9.17, 15) is 4.79 Å². The molecular formula is C12H18O3. The third-order valence-corrected chi connectivity index (χ3v) is 1.62. The van der Waals surface area contributed by atoms with Gasteiger partial charge in [-0.25, -0.2) is 4.79 Å². The van der Waals surface area contributed by atoms with E-state index >= 15 is 0 Å². The molecule has 0 saturated carbocycles. The lowest BCUT2D eigenvalue weighted by atomic mass is 10.2. The first-order valence-corrected chi connectivity index (χ1v) is 4.90. The average molecular weight is 210 g/mol. The number of hydrogen-bond acceptors (Lipinski definition) is 3. The summed E-state index contributed by atoms with van der Waals surface area (Å²) in [7, 11) is 0. The molecule has 0 radical (unpaired) electrons. The summed E-state index contributed by atoms with van der Waals surface area (Å²) >= 11 is 0. The number of allylic oxidation sites excluding steroid dienone is 4. The number of rotatable bonds is 5. The van der Waals surface area contributed by atoms with Crippen molar-refractivity contribution in [3.05, 3.63) is 35.5 Å². The van der Waals surface area contributed by atoms with Crippen molar-refractivity contribution in [1.29, 1.82) is 0 Å². The Hall–Kier alpha value is -1.35. The Morgan fingerprint density at radius 2 is 2.07 bits per heavy atom. The average Bonchev–Trinajstić information content (AvgIpc) is 2.17. The standard InChI is InChI=1S/C12H18O3/c1-4-15-12(14)8-10(2)6-5-7-11(3)9-13/h5-8,13H,4,9H2,1-3H3/b6-5+,10-8+,11-7-. The zero-order chi connectivity index (χ0) is 11.7. The van der Waals surface area contributed by atoms with Crippen LogP contribution in [-0.2, 0) is 9.53 Å². The van der Waals surface area contributed by atoms with Gasteiger partial charge < -0.3 is 9.84 Å². The molecule has 0 unspecified atom stereocenters. The van der Waals surface area contributed by atoms with Crippen LogP contribution in [0, 0.1) is 0 Å². The first kappa shape index (κ1) is 13.7. The molecule has 3 heteroatoms. The molecule has 0 atom stereocenters. The summed E-state index contributed by atoms with van der Waals surface area (Å²) < 4.78 is 4.76. The topological polar surface area (TPSA) is 46.5 Å². The van der Waals surface area contributed by atoms with E-state index in [1.807, 2.05) is 13.8 Å². The van der Waals surface area contributed by atoms with E-state index in [0.29, 0.717) is 6.61 Å². The second-order valence-electron chi connectivity index (χ2n) is 3.17. The van der Waals surface area contributed by atoms with E-state index in [-0.39, 0.29) is 12.6 Å². The largest absolute Gasteiger partial charge is 0.463 e.